The lowest BCUT2D eigenvalue weighted by Crippen LogP contribution is -2.43. The van der Waals surface area contributed by atoms with Gasteiger partial charge < -0.3 is 15.3 Å². The molecule has 1 aromatic heterocycles. The Balaban J connectivity index is 1.46. The molecule has 2 heterocycles. The number of aliphatic hydroxyl groups excluding tert-OH is 1. The van der Waals surface area contributed by atoms with Crippen molar-refractivity contribution < 1.29 is 5.11 Å². The van der Waals surface area contributed by atoms with E-state index in [1.165, 1.54) is 10.3 Å². The van der Waals surface area contributed by atoms with Crippen LogP contribution < -0.4 is 5.32 Å². The van der Waals surface area contributed by atoms with Crippen molar-refractivity contribution in [1.29, 1.82) is 0 Å². The van der Waals surface area contributed by atoms with Gasteiger partial charge >= 0.3 is 0 Å². The van der Waals surface area contributed by atoms with Crippen LogP contribution in [0.1, 0.15) is 18.4 Å². The van der Waals surface area contributed by atoms with Gasteiger partial charge in [-0.1, -0.05) is 6.07 Å². The van der Waals surface area contributed by atoms with Crippen molar-refractivity contribution in [3.8, 4) is 10.6 Å². The summed E-state index contributed by atoms with van der Waals surface area (Å²) >= 11 is 7.28. The number of hydrogen-bond acceptors (Lipinski definition) is 4. The lowest BCUT2D eigenvalue weighted by atomic mass is 9.99. The number of fused-ring (bicyclic) bond motifs is 1. The number of aliphatic hydroxyl groups is 1. The van der Waals surface area contributed by atoms with Crippen molar-refractivity contribution in [2.75, 3.05) is 25.0 Å². The number of thiocarbonyl (C=S) groups is 1. The summed E-state index contributed by atoms with van der Waals surface area (Å²) in [5.74, 6) is 0.323. The third-order valence-corrected chi connectivity index (χ3v) is 6.42. The average Bonchev–Trinajstić information content (AvgIpc) is 3.11. The van der Waals surface area contributed by atoms with Gasteiger partial charge in [0, 0.05) is 30.9 Å². The Morgan fingerprint density at radius 1 is 1.30 bits per heavy atom. The Morgan fingerprint density at radius 2 is 2.11 bits per heavy atom. The number of aryl methyl sites for hydroxylation is 1. The number of piperidine rings is 1. The van der Waals surface area contributed by atoms with E-state index in [9.17, 15) is 5.11 Å². The van der Waals surface area contributed by atoms with Crippen molar-refractivity contribution >= 4 is 44.6 Å². The number of anilines is 1. The number of nitrogens with one attached hydrogen (secondary N) is 1. The summed E-state index contributed by atoms with van der Waals surface area (Å²) in [6.45, 7) is 4.11. The van der Waals surface area contributed by atoms with Crippen LogP contribution in [0.15, 0.2) is 42.5 Å². The van der Waals surface area contributed by atoms with Crippen molar-refractivity contribution in [3.05, 3.63) is 48.0 Å². The molecule has 140 valence electrons. The van der Waals surface area contributed by atoms with E-state index in [1.807, 2.05) is 12.1 Å². The third-order valence-electron chi connectivity index (χ3n) is 4.99. The van der Waals surface area contributed by atoms with Crippen LogP contribution in [0, 0.1) is 12.8 Å². The van der Waals surface area contributed by atoms with E-state index in [4.69, 9.17) is 17.2 Å². The van der Waals surface area contributed by atoms with Crippen molar-refractivity contribution in [2.45, 2.75) is 19.8 Å². The Labute approximate surface area is 168 Å². The molecule has 2 N–H and O–H groups in total. The first-order valence-electron chi connectivity index (χ1n) is 9.27. The first-order valence-corrected chi connectivity index (χ1v) is 10.5. The van der Waals surface area contributed by atoms with Crippen LogP contribution in [0.3, 0.4) is 0 Å². The summed E-state index contributed by atoms with van der Waals surface area (Å²) in [5, 5.41) is 14.5. The highest BCUT2D eigenvalue weighted by Gasteiger charge is 2.21. The molecule has 0 aliphatic carbocycles. The molecule has 4 rings (SSSR count). The molecule has 2 aromatic carbocycles. The standard InChI is InChI=1S/C21H23N3OS2/c1-14-4-9-18-19(11-14)27-20(23-18)16-5-7-17(8-6-16)22-21(26)24-10-2-3-15(12-24)13-25/h4-9,11,15,25H,2-3,10,12-13H2,1H3,(H,22,26)/t15-/m0/s1. The maximum atomic E-state index is 9.39. The smallest absolute Gasteiger partial charge is 0.173 e. The molecule has 1 atom stereocenters. The lowest BCUT2D eigenvalue weighted by molar-refractivity contribution is 0.162. The Hall–Kier alpha value is -2.02. The number of rotatable bonds is 3. The van der Waals surface area contributed by atoms with Crippen LogP contribution in [0.2, 0.25) is 0 Å². The molecule has 0 radical (unpaired) electrons. The fourth-order valence-corrected chi connectivity index (χ4v) is 4.81. The first-order chi connectivity index (χ1) is 13.1. The summed E-state index contributed by atoms with van der Waals surface area (Å²) < 4.78 is 1.22. The number of nitrogens with zero attached hydrogens (tertiary/aromatic N) is 2. The van der Waals surface area contributed by atoms with Crippen molar-refractivity contribution in [2.24, 2.45) is 5.92 Å². The van der Waals surface area contributed by atoms with Gasteiger partial charge in [0.15, 0.2) is 5.11 Å². The molecule has 6 heteroatoms. The van der Waals surface area contributed by atoms with Gasteiger partial charge in [-0.3, -0.25) is 0 Å². The minimum Gasteiger partial charge on any atom is -0.396 e. The van der Waals surface area contributed by atoms with E-state index < -0.39 is 0 Å². The SMILES string of the molecule is Cc1ccc2nc(-c3ccc(NC(=S)N4CCC[C@H](CO)C4)cc3)sc2c1. The monoisotopic (exact) mass is 397 g/mol. The molecule has 1 aliphatic rings. The predicted molar refractivity (Wildman–Crippen MR) is 117 cm³/mol. The molecule has 0 unspecified atom stereocenters. The molecule has 0 amide bonds. The van der Waals surface area contributed by atoms with E-state index in [0.29, 0.717) is 5.92 Å². The summed E-state index contributed by atoms with van der Waals surface area (Å²) in [4.78, 5) is 6.90. The van der Waals surface area contributed by atoms with Gasteiger partial charge in [0.25, 0.3) is 0 Å². The summed E-state index contributed by atoms with van der Waals surface area (Å²) in [7, 11) is 0. The largest absolute Gasteiger partial charge is 0.396 e. The van der Waals surface area contributed by atoms with Crippen LogP contribution in [-0.2, 0) is 0 Å². The minimum absolute atomic E-state index is 0.232. The molecule has 0 spiro atoms. The Morgan fingerprint density at radius 3 is 2.89 bits per heavy atom. The highest BCUT2D eigenvalue weighted by atomic mass is 32.1. The fraction of sp³-hybridized carbons (Fsp3) is 0.333. The minimum atomic E-state index is 0.232. The molecule has 27 heavy (non-hydrogen) atoms. The molecular formula is C21H23N3OS2. The summed E-state index contributed by atoms with van der Waals surface area (Å²) in [6.07, 6.45) is 2.15. The second kappa shape index (κ2) is 7.92. The molecule has 4 nitrogen and oxygen atoms in total. The van der Waals surface area contributed by atoms with Crippen LogP contribution in [0.25, 0.3) is 20.8 Å². The third kappa shape index (κ3) is 4.13. The van der Waals surface area contributed by atoms with Crippen LogP contribution >= 0.6 is 23.6 Å². The second-order valence-electron chi connectivity index (χ2n) is 7.13. The fourth-order valence-electron chi connectivity index (χ4n) is 3.45. The van der Waals surface area contributed by atoms with E-state index in [-0.39, 0.29) is 6.61 Å². The number of likely N-dealkylation sites (tertiary alicyclic amines) is 1. The van der Waals surface area contributed by atoms with E-state index in [1.54, 1.807) is 11.3 Å². The maximum absolute atomic E-state index is 9.39. The molecule has 1 saturated heterocycles. The molecule has 1 aliphatic heterocycles. The van der Waals surface area contributed by atoms with Crippen LogP contribution in [0.5, 0.6) is 0 Å². The maximum Gasteiger partial charge on any atom is 0.173 e. The number of benzene rings is 2. The van der Waals surface area contributed by atoms with Gasteiger partial charge in [-0.2, -0.15) is 0 Å². The zero-order valence-electron chi connectivity index (χ0n) is 15.3. The predicted octanol–water partition coefficient (Wildman–Crippen LogP) is 4.67. The zero-order chi connectivity index (χ0) is 18.8. The van der Waals surface area contributed by atoms with Gasteiger partial charge in [0.1, 0.15) is 5.01 Å². The normalized spacial score (nSPS) is 17.3. The number of hydrogen-bond donors (Lipinski definition) is 2. The number of aromatic nitrogens is 1. The van der Waals surface area contributed by atoms with Crippen molar-refractivity contribution in [1.82, 2.24) is 9.88 Å². The van der Waals surface area contributed by atoms with E-state index in [2.05, 4.69) is 47.5 Å². The lowest BCUT2D eigenvalue weighted by Gasteiger charge is -2.33. The van der Waals surface area contributed by atoms with Gasteiger partial charge in [-0.25, -0.2) is 4.98 Å². The molecule has 0 bridgehead atoms. The topological polar surface area (TPSA) is 48.4 Å². The quantitative estimate of drug-likeness (QED) is 0.629. The average molecular weight is 398 g/mol. The van der Waals surface area contributed by atoms with E-state index in [0.717, 1.165) is 52.8 Å². The van der Waals surface area contributed by atoms with E-state index >= 15 is 0 Å². The van der Waals surface area contributed by atoms with Gasteiger partial charge in [-0.05, 0) is 79.9 Å². The van der Waals surface area contributed by atoms with Crippen LogP contribution in [0.4, 0.5) is 5.69 Å². The number of thiazole rings is 1. The zero-order valence-corrected chi connectivity index (χ0v) is 16.9. The highest BCUT2D eigenvalue weighted by molar-refractivity contribution is 7.80. The molecule has 0 saturated carbocycles. The summed E-state index contributed by atoms with van der Waals surface area (Å²) in [6, 6.07) is 14.6. The molecule has 3 aromatic rings. The summed E-state index contributed by atoms with van der Waals surface area (Å²) in [5.41, 5.74) is 4.40. The molecule has 1 fully saturated rings. The second-order valence-corrected chi connectivity index (χ2v) is 8.55. The molecular weight excluding hydrogens is 374 g/mol. The first kappa shape index (κ1) is 18.3. The van der Waals surface area contributed by atoms with Gasteiger partial charge in [0.2, 0.25) is 0 Å². The van der Waals surface area contributed by atoms with Crippen molar-refractivity contribution in [3.63, 3.8) is 0 Å². The van der Waals surface area contributed by atoms with Gasteiger partial charge in [0.05, 0.1) is 10.2 Å². The van der Waals surface area contributed by atoms with Crippen LogP contribution in [-0.4, -0.2) is 39.8 Å². The Kier molecular flexibility index (Phi) is 5.38. The highest BCUT2D eigenvalue weighted by Crippen LogP contribution is 2.31. The Bertz CT molecular complexity index is 952. The van der Waals surface area contributed by atoms with Gasteiger partial charge in [-0.15, -0.1) is 11.3 Å².